The molecule has 0 aliphatic carbocycles. The average Bonchev–Trinajstić information content (AvgIpc) is 2.88. The number of hydrogen-bond acceptors (Lipinski definition) is 3. The molecule has 0 aromatic heterocycles. The highest BCUT2D eigenvalue weighted by molar-refractivity contribution is 8.15. The summed E-state index contributed by atoms with van der Waals surface area (Å²) in [5, 5.41) is 0.525. The van der Waals surface area contributed by atoms with Crippen LogP contribution in [0, 0.1) is 0 Å². The minimum Gasteiger partial charge on any atom is -0.445 e. The van der Waals surface area contributed by atoms with E-state index in [0.29, 0.717) is 17.4 Å². The zero-order chi connectivity index (χ0) is 17.9. The number of amides is 1. The largest absolute Gasteiger partial charge is 0.445 e. The third-order valence-corrected chi connectivity index (χ3v) is 4.69. The Bertz CT molecular complexity index is 632. The van der Waals surface area contributed by atoms with E-state index < -0.39 is 17.8 Å². The van der Waals surface area contributed by atoms with Gasteiger partial charge >= 0.3 is 12.3 Å². The number of amidine groups is 1. The van der Waals surface area contributed by atoms with Crippen molar-refractivity contribution in [3.8, 4) is 0 Å². The second-order valence-electron chi connectivity index (χ2n) is 5.63. The van der Waals surface area contributed by atoms with Gasteiger partial charge in [-0.25, -0.2) is 4.79 Å². The second-order valence-corrected chi connectivity index (χ2v) is 6.90. The van der Waals surface area contributed by atoms with E-state index in [0.717, 1.165) is 18.6 Å². The summed E-state index contributed by atoms with van der Waals surface area (Å²) < 4.78 is 43.8. The molecule has 1 amide bonds. The number of carbonyl (C=O) groups excluding carboxylic acids is 1. The van der Waals surface area contributed by atoms with Crippen molar-refractivity contribution >= 4 is 28.7 Å². The maximum atomic E-state index is 12.9. The van der Waals surface area contributed by atoms with Crippen molar-refractivity contribution in [2.24, 2.45) is 4.99 Å². The molecule has 4 nitrogen and oxygen atoms in total. The molecule has 1 fully saturated rings. The van der Waals surface area contributed by atoms with Crippen molar-refractivity contribution in [2.75, 3.05) is 11.4 Å². The number of ether oxygens (including phenoxy) is 1. The fourth-order valence-corrected chi connectivity index (χ4v) is 3.33. The predicted molar refractivity (Wildman–Crippen MR) is 89.5 cm³/mol. The molecule has 8 heteroatoms. The number of hydrogen-bond donors (Lipinski definition) is 0. The molecule has 0 radical (unpaired) electrons. The lowest BCUT2D eigenvalue weighted by Gasteiger charge is -2.19. The van der Waals surface area contributed by atoms with Crippen molar-refractivity contribution in [1.82, 2.24) is 0 Å². The van der Waals surface area contributed by atoms with Gasteiger partial charge in [-0.1, -0.05) is 24.8 Å². The number of carbonyl (C=O) groups is 1. The van der Waals surface area contributed by atoms with Gasteiger partial charge in [-0.2, -0.15) is 18.2 Å². The Kier molecular flexibility index (Phi) is 5.79. The maximum absolute atomic E-state index is 12.9. The van der Waals surface area contributed by atoms with Gasteiger partial charge in [0.15, 0.2) is 5.17 Å². The number of benzene rings is 1. The summed E-state index contributed by atoms with van der Waals surface area (Å²) in [4.78, 5) is 17.3. The normalized spacial score (nSPS) is 20.0. The van der Waals surface area contributed by atoms with Gasteiger partial charge in [-0.05, 0) is 38.5 Å². The Morgan fingerprint density at radius 2 is 2.17 bits per heavy atom. The fraction of sp³-hybridized carbons (Fsp3) is 0.500. The molecule has 1 unspecified atom stereocenters. The molecule has 24 heavy (non-hydrogen) atoms. The van der Waals surface area contributed by atoms with E-state index in [1.807, 2.05) is 6.92 Å². The fourth-order valence-electron chi connectivity index (χ4n) is 2.20. The van der Waals surface area contributed by atoms with Crippen LogP contribution in [0.3, 0.4) is 0 Å². The highest BCUT2D eigenvalue weighted by atomic mass is 32.2. The minimum absolute atomic E-state index is 0.158. The van der Waals surface area contributed by atoms with Gasteiger partial charge in [0.2, 0.25) is 0 Å². The molecule has 0 spiro atoms. The number of rotatable bonds is 3. The van der Waals surface area contributed by atoms with Crippen LogP contribution in [0.4, 0.5) is 23.7 Å². The number of nitrogens with zero attached hydrogens (tertiary/aromatic N) is 2. The van der Waals surface area contributed by atoms with Crippen LogP contribution in [0.5, 0.6) is 0 Å². The third-order valence-electron chi connectivity index (χ3n) is 3.35. The number of thioether (sulfide) groups is 1. The van der Waals surface area contributed by atoms with Crippen LogP contribution in [0.25, 0.3) is 0 Å². The first-order valence-electron chi connectivity index (χ1n) is 7.61. The summed E-state index contributed by atoms with van der Waals surface area (Å²) in [7, 11) is 0. The van der Waals surface area contributed by atoms with Crippen molar-refractivity contribution in [2.45, 2.75) is 44.7 Å². The summed E-state index contributed by atoms with van der Waals surface area (Å²) in [6, 6.07) is 5.03. The van der Waals surface area contributed by atoms with Gasteiger partial charge in [-0.3, -0.25) is 0 Å². The zero-order valence-corrected chi connectivity index (χ0v) is 14.4. The molecule has 2 rings (SSSR count). The third kappa shape index (κ3) is 4.66. The predicted octanol–water partition coefficient (Wildman–Crippen LogP) is 4.94. The lowest BCUT2D eigenvalue weighted by Crippen LogP contribution is -2.26. The van der Waals surface area contributed by atoms with E-state index >= 15 is 0 Å². The van der Waals surface area contributed by atoms with Gasteiger partial charge in [0.1, 0.15) is 0 Å². The summed E-state index contributed by atoms with van der Waals surface area (Å²) in [6.07, 6.45) is -4.64. The van der Waals surface area contributed by atoms with Crippen molar-refractivity contribution < 1.29 is 22.7 Å². The lowest BCUT2D eigenvalue weighted by atomic mass is 10.2. The Balaban J connectivity index is 2.32. The van der Waals surface area contributed by atoms with Gasteiger partial charge < -0.3 is 9.64 Å². The Morgan fingerprint density at radius 3 is 2.75 bits per heavy atom. The first-order valence-corrected chi connectivity index (χ1v) is 8.49. The molecule has 0 saturated carbocycles. The molecule has 1 aliphatic heterocycles. The smallest absolute Gasteiger partial charge is 0.436 e. The van der Waals surface area contributed by atoms with E-state index in [2.05, 4.69) is 4.99 Å². The van der Waals surface area contributed by atoms with Gasteiger partial charge in [0.05, 0.1) is 11.7 Å². The highest BCUT2D eigenvalue weighted by Crippen LogP contribution is 2.36. The SMILES string of the molecule is CCC1CN(c2cccc(C(F)(F)F)c2)C(=NC(=O)OC(C)C)S1. The standard InChI is InChI=1S/C16H19F3N2O2S/c1-4-13-9-21(14(24-13)20-15(22)23-10(2)3)12-7-5-6-11(8-12)16(17,18)19/h5-8,10,13H,4,9H2,1-3H3. The minimum atomic E-state index is -4.42. The molecule has 1 saturated heterocycles. The molecule has 1 aromatic carbocycles. The van der Waals surface area contributed by atoms with Gasteiger partial charge in [0, 0.05) is 17.5 Å². The first-order chi connectivity index (χ1) is 11.2. The molecule has 1 atom stereocenters. The number of anilines is 1. The Hall–Kier alpha value is -1.70. The van der Waals surface area contributed by atoms with E-state index in [9.17, 15) is 18.0 Å². The topological polar surface area (TPSA) is 41.9 Å². The molecular formula is C16H19F3N2O2S. The van der Waals surface area contributed by atoms with Gasteiger partial charge in [0.25, 0.3) is 0 Å². The van der Waals surface area contributed by atoms with E-state index in [1.54, 1.807) is 24.8 Å². The summed E-state index contributed by atoms with van der Waals surface area (Å²) in [5.74, 6) is 0. The van der Waals surface area contributed by atoms with Crippen LogP contribution in [-0.2, 0) is 10.9 Å². The Labute approximate surface area is 143 Å². The molecule has 0 N–H and O–H groups in total. The zero-order valence-electron chi connectivity index (χ0n) is 13.6. The van der Waals surface area contributed by atoms with Crippen LogP contribution in [0.1, 0.15) is 32.8 Å². The monoisotopic (exact) mass is 360 g/mol. The second kappa shape index (κ2) is 7.46. The number of aliphatic imine (C=N–C) groups is 1. The molecule has 1 aromatic rings. The first kappa shape index (κ1) is 18.6. The number of halogens is 3. The van der Waals surface area contributed by atoms with Crippen LogP contribution in [0.2, 0.25) is 0 Å². The molecule has 1 aliphatic rings. The van der Waals surface area contributed by atoms with Crippen LogP contribution in [-0.4, -0.2) is 29.2 Å². The molecular weight excluding hydrogens is 341 g/mol. The van der Waals surface area contributed by atoms with Gasteiger partial charge in [-0.15, -0.1) is 0 Å². The molecule has 1 heterocycles. The highest BCUT2D eigenvalue weighted by Gasteiger charge is 2.34. The number of alkyl halides is 3. The van der Waals surface area contributed by atoms with Crippen LogP contribution >= 0.6 is 11.8 Å². The summed E-state index contributed by atoms with van der Waals surface area (Å²) in [5.41, 5.74) is -0.363. The van der Waals surface area contributed by atoms with Crippen molar-refractivity contribution in [1.29, 1.82) is 0 Å². The summed E-state index contributed by atoms with van der Waals surface area (Å²) in [6.45, 7) is 5.90. The summed E-state index contributed by atoms with van der Waals surface area (Å²) >= 11 is 1.38. The lowest BCUT2D eigenvalue weighted by molar-refractivity contribution is -0.137. The van der Waals surface area contributed by atoms with Crippen LogP contribution in [0.15, 0.2) is 29.3 Å². The van der Waals surface area contributed by atoms with E-state index in [1.165, 1.54) is 17.8 Å². The average molecular weight is 360 g/mol. The maximum Gasteiger partial charge on any atom is 0.436 e. The van der Waals surface area contributed by atoms with Crippen molar-refractivity contribution in [3.05, 3.63) is 29.8 Å². The quantitative estimate of drug-likeness (QED) is 0.766. The Morgan fingerprint density at radius 1 is 1.46 bits per heavy atom. The molecule has 0 bridgehead atoms. The van der Waals surface area contributed by atoms with Crippen molar-refractivity contribution in [3.63, 3.8) is 0 Å². The van der Waals surface area contributed by atoms with E-state index in [-0.39, 0.29) is 11.4 Å². The van der Waals surface area contributed by atoms with Crippen LogP contribution < -0.4 is 4.90 Å². The molecule has 132 valence electrons. The van der Waals surface area contributed by atoms with E-state index in [4.69, 9.17) is 4.74 Å².